The second-order valence-electron chi connectivity index (χ2n) is 7.88. The van der Waals surface area contributed by atoms with Gasteiger partial charge in [0.05, 0.1) is 22.2 Å². The third-order valence-corrected chi connectivity index (χ3v) is 7.65. The Morgan fingerprint density at radius 1 is 0.935 bits per heavy atom. The summed E-state index contributed by atoms with van der Waals surface area (Å²) in [6.07, 6.45) is 3.37. The van der Waals surface area contributed by atoms with Crippen LogP contribution < -0.4 is 9.62 Å². The number of nitrogens with zero attached hydrogens (tertiary/aromatic N) is 1. The van der Waals surface area contributed by atoms with E-state index >= 15 is 0 Å². The number of hydrogen-bond donors (Lipinski definition) is 1. The Morgan fingerprint density at radius 3 is 2.39 bits per heavy atom. The van der Waals surface area contributed by atoms with Crippen molar-refractivity contribution in [2.45, 2.75) is 37.1 Å². The summed E-state index contributed by atoms with van der Waals surface area (Å²) >= 11 is 0. The first-order valence-corrected chi connectivity index (χ1v) is 11.9. The SMILES string of the molecule is C[C@@H](NC(=O)c1ccccc1N(C)S(=O)(=O)c1ccccc1)c1ccc2c(c1)CCC2. The van der Waals surface area contributed by atoms with E-state index in [1.54, 1.807) is 54.6 Å². The number of rotatable bonds is 6. The molecule has 0 unspecified atom stereocenters. The van der Waals surface area contributed by atoms with Crippen LogP contribution in [0.3, 0.4) is 0 Å². The highest BCUT2D eigenvalue weighted by Crippen LogP contribution is 2.28. The lowest BCUT2D eigenvalue weighted by molar-refractivity contribution is 0.0940. The first-order valence-electron chi connectivity index (χ1n) is 10.4. The van der Waals surface area contributed by atoms with Crippen LogP contribution >= 0.6 is 0 Å². The second kappa shape index (κ2) is 8.55. The molecule has 0 radical (unpaired) electrons. The fourth-order valence-corrected chi connectivity index (χ4v) is 5.27. The highest BCUT2D eigenvalue weighted by atomic mass is 32.2. The average molecular weight is 435 g/mol. The molecule has 0 saturated heterocycles. The number of amides is 1. The number of fused-ring (bicyclic) bond motifs is 1. The van der Waals surface area contributed by atoms with Gasteiger partial charge in [-0.05, 0) is 67.1 Å². The Bertz CT molecular complexity index is 1210. The van der Waals surface area contributed by atoms with Crippen molar-refractivity contribution < 1.29 is 13.2 Å². The molecule has 0 heterocycles. The molecule has 160 valence electrons. The van der Waals surface area contributed by atoms with E-state index < -0.39 is 10.0 Å². The molecule has 0 aromatic heterocycles. The summed E-state index contributed by atoms with van der Waals surface area (Å²) in [4.78, 5) is 13.3. The van der Waals surface area contributed by atoms with Crippen molar-refractivity contribution in [3.05, 3.63) is 95.1 Å². The first kappa shape index (κ1) is 21.1. The third kappa shape index (κ3) is 4.21. The van der Waals surface area contributed by atoms with Gasteiger partial charge in [0, 0.05) is 7.05 Å². The molecule has 4 rings (SSSR count). The van der Waals surface area contributed by atoms with E-state index in [0.717, 1.165) is 22.7 Å². The Balaban J connectivity index is 1.58. The van der Waals surface area contributed by atoms with Gasteiger partial charge in [-0.15, -0.1) is 0 Å². The summed E-state index contributed by atoms with van der Waals surface area (Å²) in [7, 11) is -2.31. The van der Waals surface area contributed by atoms with Gasteiger partial charge in [0.15, 0.2) is 0 Å². The highest BCUT2D eigenvalue weighted by molar-refractivity contribution is 7.92. The minimum Gasteiger partial charge on any atom is -0.345 e. The molecule has 0 saturated carbocycles. The predicted molar refractivity (Wildman–Crippen MR) is 123 cm³/mol. The Labute approximate surface area is 183 Å². The molecule has 6 heteroatoms. The van der Waals surface area contributed by atoms with Crippen LogP contribution in [0.5, 0.6) is 0 Å². The zero-order chi connectivity index (χ0) is 22.0. The van der Waals surface area contributed by atoms with Gasteiger partial charge < -0.3 is 5.32 Å². The van der Waals surface area contributed by atoms with Crippen molar-refractivity contribution in [3.63, 3.8) is 0 Å². The maximum absolute atomic E-state index is 13.1. The molecule has 1 atom stereocenters. The van der Waals surface area contributed by atoms with Crippen molar-refractivity contribution in [2.24, 2.45) is 0 Å². The molecule has 1 N–H and O–H groups in total. The summed E-state index contributed by atoms with van der Waals surface area (Å²) in [6.45, 7) is 1.95. The van der Waals surface area contributed by atoms with Gasteiger partial charge in [-0.1, -0.05) is 48.5 Å². The smallest absolute Gasteiger partial charge is 0.264 e. The normalized spacial score (nSPS) is 14.0. The lowest BCUT2D eigenvalue weighted by Gasteiger charge is -2.23. The Kier molecular flexibility index (Phi) is 5.83. The molecule has 0 fully saturated rings. The van der Waals surface area contributed by atoms with Crippen molar-refractivity contribution >= 4 is 21.6 Å². The van der Waals surface area contributed by atoms with Gasteiger partial charge in [0.1, 0.15) is 0 Å². The molecule has 0 bridgehead atoms. The monoisotopic (exact) mass is 434 g/mol. The highest BCUT2D eigenvalue weighted by Gasteiger charge is 2.25. The van der Waals surface area contributed by atoms with Gasteiger partial charge in [-0.3, -0.25) is 9.10 Å². The Morgan fingerprint density at radius 2 is 1.61 bits per heavy atom. The van der Waals surface area contributed by atoms with Crippen LogP contribution in [0.4, 0.5) is 5.69 Å². The maximum Gasteiger partial charge on any atom is 0.264 e. The van der Waals surface area contributed by atoms with E-state index in [4.69, 9.17) is 0 Å². The minimum atomic E-state index is -3.78. The largest absolute Gasteiger partial charge is 0.345 e. The van der Waals surface area contributed by atoms with E-state index in [0.29, 0.717) is 11.3 Å². The number of anilines is 1. The van der Waals surface area contributed by atoms with Gasteiger partial charge in [-0.2, -0.15) is 0 Å². The molecular formula is C25H26N2O3S. The lowest BCUT2D eigenvalue weighted by atomic mass is 10.0. The summed E-state index contributed by atoms with van der Waals surface area (Å²) < 4.78 is 27.3. The van der Waals surface area contributed by atoms with Gasteiger partial charge >= 0.3 is 0 Å². The molecule has 3 aromatic rings. The summed E-state index contributed by atoms with van der Waals surface area (Å²) in [5.41, 5.74) is 4.45. The zero-order valence-electron chi connectivity index (χ0n) is 17.7. The first-order chi connectivity index (χ1) is 14.9. The molecule has 1 aliphatic rings. The van der Waals surface area contributed by atoms with Crippen molar-refractivity contribution in [3.8, 4) is 0 Å². The van der Waals surface area contributed by atoms with Crippen molar-refractivity contribution in [2.75, 3.05) is 11.4 Å². The van der Waals surface area contributed by atoms with Crippen molar-refractivity contribution in [1.29, 1.82) is 0 Å². The number of hydrogen-bond acceptors (Lipinski definition) is 3. The van der Waals surface area contributed by atoms with Crippen LogP contribution in [-0.4, -0.2) is 21.4 Å². The fourth-order valence-electron chi connectivity index (χ4n) is 4.04. The summed E-state index contributed by atoms with van der Waals surface area (Å²) in [6, 6.07) is 21.2. The number of nitrogens with one attached hydrogen (secondary N) is 1. The zero-order valence-corrected chi connectivity index (χ0v) is 18.5. The van der Waals surface area contributed by atoms with Crippen LogP contribution in [0.15, 0.2) is 77.7 Å². The molecule has 0 spiro atoms. The maximum atomic E-state index is 13.1. The number of carbonyl (C=O) groups excluding carboxylic acids is 1. The Hall–Kier alpha value is -3.12. The number of aryl methyl sites for hydroxylation is 2. The van der Waals surface area contributed by atoms with E-state index in [9.17, 15) is 13.2 Å². The van der Waals surface area contributed by atoms with Gasteiger partial charge in [-0.25, -0.2) is 8.42 Å². The number of para-hydroxylation sites is 1. The molecule has 1 aliphatic carbocycles. The van der Waals surface area contributed by atoms with Crippen LogP contribution in [0.1, 0.15) is 46.4 Å². The van der Waals surface area contributed by atoms with Gasteiger partial charge in [0.2, 0.25) is 0 Å². The molecule has 31 heavy (non-hydrogen) atoms. The molecule has 5 nitrogen and oxygen atoms in total. The number of carbonyl (C=O) groups is 1. The van der Waals surface area contributed by atoms with E-state index in [1.807, 2.05) is 6.92 Å². The molecule has 3 aromatic carbocycles. The average Bonchev–Trinajstić information content (AvgIpc) is 3.27. The van der Waals surface area contributed by atoms with Crippen LogP contribution in [-0.2, 0) is 22.9 Å². The third-order valence-electron chi connectivity index (χ3n) is 5.86. The standard InChI is InChI=1S/C25H26N2O3S/c1-18(20-16-15-19-9-8-10-21(19)17-20)26-25(28)23-13-6-7-14-24(23)27(2)31(29,30)22-11-4-3-5-12-22/h3-7,11-18H,8-10H2,1-2H3,(H,26,28)/t18-/m1/s1. The second-order valence-corrected chi connectivity index (χ2v) is 9.85. The number of benzene rings is 3. The molecular weight excluding hydrogens is 408 g/mol. The van der Waals surface area contributed by atoms with Crippen molar-refractivity contribution in [1.82, 2.24) is 5.32 Å². The lowest BCUT2D eigenvalue weighted by Crippen LogP contribution is -2.31. The molecule has 0 aliphatic heterocycles. The summed E-state index contributed by atoms with van der Waals surface area (Å²) in [5, 5.41) is 3.03. The van der Waals surface area contributed by atoms with E-state index in [1.165, 1.54) is 24.6 Å². The predicted octanol–water partition coefficient (Wildman–Crippen LogP) is 4.49. The van der Waals surface area contributed by atoms with Crippen LogP contribution in [0, 0.1) is 0 Å². The molecule has 1 amide bonds. The fraction of sp³-hybridized carbons (Fsp3) is 0.240. The topological polar surface area (TPSA) is 66.5 Å². The van der Waals surface area contributed by atoms with Crippen LogP contribution in [0.25, 0.3) is 0 Å². The van der Waals surface area contributed by atoms with E-state index in [2.05, 4.69) is 23.5 Å². The van der Waals surface area contributed by atoms with Gasteiger partial charge in [0.25, 0.3) is 15.9 Å². The minimum absolute atomic E-state index is 0.180. The quantitative estimate of drug-likeness (QED) is 0.622. The van der Waals surface area contributed by atoms with E-state index in [-0.39, 0.29) is 16.8 Å². The summed E-state index contributed by atoms with van der Waals surface area (Å²) in [5.74, 6) is -0.307. The van der Waals surface area contributed by atoms with Crippen LogP contribution in [0.2, 0.25) is 0 Å². The number of sulfonamides is 1.